The van der Waals surface area contributed by atoms with Gasteiger partial charge in [0.05, 0.1) is 19.3 Å². The van der Waals surface area contributed by atoms with E-state index < -0.39 is 0 Å². The number of methoxy groups -OCH3 is 1. The number of fused-ring (bicyclic) bond motifs is 1. The summed E-state index contributed by atoms with van der Waals surface area (Å²) < 4.78 is 7.17. The first-order valence-electron chi connectivity index (χ1n) is 8.15. The molecule has 25 heavy (non-hydrogen) atoms. The zero-order chi connectivity index (χ0) is 17.2. The van der Waals surface area contributed by atoms with Crippen LogP contribution in [-0.4, -0.2) is 16.9 Å². The molecule has 0 unspecified atom stereocenters. The molecular formula is C21H18N2O2. The van der Waals surface area contributed by atoms with Crippen molar-refractivity contribution >= 4 is 10.8 Å². The Morgan fingerprint density at radius 1 is 0.920 bits per heavy atom. The quantitative estimate of drug-likeness (QED) is 0.613. The number of ether oxygens (including phenoxy) is 1. The zero-order valence-corrected chi connectivity index (χ0v) is 13.9. The van der Waals surface area contributed by atoms with E-state index in [9.17, 15) is 4.79 Å². The Balaban J connectivity index is 1.77. The molecule has 0 amide bonds. The van der Waals surface area contributed by atoms with E-state index in [1.54, 1.807) is 13.2 Å². The summed E-state index contributed by atoms with van der Waals surface area (Å²) in [6.07, 6.45) is 0. The lowest BCUT2D eigenvalue weighted by molar-refractivity contribution is 0.415. The van der Waals surface area contributed by atoms with Gasteiger partial charge in [-0.3, -0.25) is 14.6 Å². The summed E-state index contributed by atoms with van der Waals surface area (Å²) in [5.74, 6) is 0.836. The van der Waals surface area contributed by atoms with Gasteiger partial charge in [-0.05, 0) is 34.5 Å². The highest BCUT2D eigenvalue weighted by Crippen LogP contribution is 2.26. The third-order valence-electron chi connectivity index (χ3n) is 4.33. The zero-order valence-electron chi connectivity index (χ0n) is 13.9. The monoisotopic (exact) mass is 330 g/mol. The molecule has 4 rings (SSSR count). The maximum atomic E-state index is 11.9. The van der Waals surface area contributed by atoms with E-state index in [2.05, 4.69) is 29.4 Å². The summed E-state index contributed by atoms with van der Waals surface area (Å²) in [6.45, 7) is 0.624. The average Bonchev–Trinajstić information content (AvgIpc) is 3.02. The first-order valence-corrected chi connectivity index (χ1v) is 8.15. The lowest BCUT2D eigenvalue weighted by Gasteiger charge is -2.10. The minimum Gasteiger partial charge on any atom is -0.497 e. The fourth-order valence-electron chi connectivity index (χ4n) is 3.07. The van der Waals surface area contributed by atoms with Gasteiger partial charge < -0.3 is 4.74 Å². The van der Waals surface area contributed by atoms with Crippen LogP contribution in [0.1, 0.15) is 5.56 Å². The molecular weight excluding hydrogens is 312 g/mol. The molecule has 1 heterocycles. The molecule has 0 bridgehead atoms. The minimum atomic E-state index is -0.0965. The van der Waals surface area contributed by atoms with Gasteiger partial charge in [-0.2, -0.15) is 0 Å². The van der Waals surface area contributed by atoms with Crippen molar-refractivity contribution < 1.29 is 4.74 Å². The van der Waals surface area contributed by atoms with Crippen LogP contribution in [0.15, 0.2) is 77.6 Å². The normalized spacial score (nSPS) is 10.9. The van der Waals surface area contributed by atoms with E-state index in [0.717, 1.165) is 33.3 Å². The Morgan fingerprint density at radius 3 is 2.48 bits per heavy atom. The predicted octanol–water partition coefficient (Wildman–Crippen LogP) is 4.05. The van der Waals surface area contributed by atoms with Crippen molar-refractivity contribution in [1.29, 1.82) is 0 Å². The van der Waals surface area contributed by atoms with Gasteiger partial charge in [0.1, 0.15) is 5.75 Å². The standard InChI is InChI=1S/C21H18N2O2/c1-25-19-10-9-16-11-18(8-7-17(16)12-19)20-13-21(24)22-23(20)14-15-5-3-2-4-6-15/h2-13H,14H2,1H3,(H,22,24). The molecule has 0 saturated heterocycles. The minimum absolute atomic E-state index is 0.0965. The maximum Gasteiger partial charge on any atom is 0.264 e. The summed E-state index contributed by atoms with van der Waals surface area (Å²) in [7, 11) is 1.66. The lowest BCUT2D eigenvalue weighted by Crippen LogP contribution is -2.07. The number of benzene rings is 3. The highest BCUT2D eigenvalue weighted by molar-refractivity contribution is 5.88. The van der Waals surface area contributed by atoms with Crippen LogP contribution in [0.25, 0.3) is 22.0 Å². The SMILES string of the molecule is COc1ccc2cc(-c3cc(=O)[nH]n3Cc3ccccc3)ccc2c1. The molecule has 0 spiro atoms. The van der Waals surface area contributed by atoms with Gasteiger partial charge in [0.25, 0.3) is 5.56 Å². The summed E-state index contributed by atoms with van der Waals surface area (Å²) in [5, 5.41) is 5.12. The van der Waals surface area contributed by atoms with Crippen molar-refractivity contribution in [3.05, 3.63) is 88.7 Å². The number of hydrogen-bond acceptors (Lipinski definition) is 2. The summed E-state index contributed by atoms with van der Waals surface area (Å²) in [5.41, 5.74) is 2.93. The van der Waals surface area contributed by atoms with E-state index in [1.807, 2.05) is 47.1 Å². The Kier molecular flexibility index (Phi) is 3.86. The fourth-order valence-corrected chi connectivity index (χ4v) is 3.07. The molecule has 0 aliphatic rings. The third kappa shape index (κ3) is 3.06. The van der Waals surface area contributed by atoms with Crippen LogP contribution in [0.2, 0.25) is 0 Å². The first-order chi connectivity index (χ1) is 12.2. The second-order valence-electron chi connectivity index (χ2n) is 6.01. The Hall–Kier alpha value is -3.27. The number of nitrogens with one attached hydrogen (secondary N) is 1. The molecule has 1 aromatic heterocycles. The molecule has 3 aromatic carbocycles. The van der Waals surface area contributed by atoms with Crippen LogP contribution in [0.4, 0.5) is 0 Å². The van der Waals surface area contributed by atoms with Crippen molar-refractivity contribution in [1.82, 2.24) is 9.78 Å². The molecule has 4 nitrogen and oxygen atoms in total. The molecule has 0 fully saturated rings. The molecule has 124 valence electrons. The van der Waals surface area contributed by atoms with E-state index in [1.165, 1.54) is 0 Å². The molecule has 1 N–H and O–H groups in total. The second-order valence-corrected chi connectivity index (χ2v) is 6.01. The van der Waals surface area contributed by atoms with Gasteiger partial charge in [0, 0.05) is 11.6 Å². The molecule has 0 aliphatic carbocycles. The summed E-state index contributed by atoms with van der Waals surface area (Å²) >= 11 is 0. The molecule has 0 aliphatic heterocycles. The van der Waals surface area contributed by atoms with Crippen LogP contribution < -0.4 is 10.3 Å². The Labute approximate surface area is 145 Å². The van der Waals surface area contributed by atoms with Crippen LogP contribution in [0.5, 0.6) is 5.75 Å². The Bertz CT molecular complexity index is 1080. The van der Waals surface area contributed by atoms with E-state index in [0.29, 0.717) is 6.54 Å². The van der Waals surface area contributed by atoms with Gasteiger partial charge >= 0.3 is 0 Å². The van der Waals surface area contributed by atoms with Crippen molar-refractivity contribution in [3.8, 4) is 17.0 Å². The molecule has 0 saturated carbocycles. The summed E-state index contributed by atoms with van der Waals surface area (Å²) in [6, 6.07) is 23.9. The van der Waals surface area contributed by atoms with Crippen LogP contribution in [-0.2, 0) is 6.54 Å². The van der Waals surface area contributed by atoms with Gasteiger partial charge in [-0.25, -0.2) is 0 Å². The molecule has 0 atom stereocenters. The van der Waals surface area contributed by atoms with Crippen molar-refractivity contribution in [3.63, 3.8) is 0 Å². The average molecular weight is 330 g/mol. The van der Waals surface area contributed by atoms with Crippen LogP contribution in [0.3, 0.4) is 0 Å². The lowest BCUT2D eigenvalue weighted by atomic mass is 10.0. The maximum absolute atomic E-state index is 11.9. The van der Waals surface area contributed by atoms with Gasteiger partial charge in [0.2, 0.25) is 0 Å². The first kappa shape index (κ1) is 15.3. The highest BCUT2D eigenvalue weighted by atomic mass is 16.5. The number of nitrogens with zero attached hydrogens (tertiary/aromatic N) is 1. The molecule has 0 radical (unpaired) electrons. The number of H-pyrrole nitrogens is 1. The van der Waals surface area contributed by atoms with Crippen LogP contribution in [0, 0.1) is 0 Å². The molecule has 4 heteroatoms. The number of rotatable bonds is 4. The second kappa shape index (κ2) is 6.32. The smallest absolute Gasteiger partial charge is 0.264 e. The van der Waals surface area contributed by atoms with E-state index in [-0.39, 0.29) is 5.56 Å². The van der Waals surface area contributed by atoms with Gasteiger partial charge in [-0.1, -0.05) is 48.5 Å². The third-order valence-corrected chi connectivity index (χ3v) is 4.33. The number of aromatic amines is 1. The van der Waals surface area contributed by atoms with Crippen molar-refractivity contribution in [2.24, 2.45) is 0 Å². The Morgan fingerprint density at radius 2 is 1.68 bits per heavy atom. The summed E-state index contributed by atoms with van der Waals surface area (Å²) in [4.78, 5) is 11.9. The number of aromatic nitrogens is 2. The van der Waals surface area contributed by atoms with E-state index in [4.69, 9.17) is 4.74 Å². The van der Waals surface area contributed by atoms with Crippen molar-refractivity contribution in [2.75, 3.05) is 7.11 Å². The molecule has 4 aromatic rings. The van der Waals surface area contributed by atoms with Crippen LogP contribution >= 0.6 is 0 Å². The highest BCUT2D eigenvalue weighted by Gasteiger charge is 2.09. The number of hydrogen-bond donors (Lipinski definition) is 1. The van der Waals surface area contributed by atoms with Gasteiger partial charge in [0.15, 0.2) is 0 Å². The predicted molar refractivity (Wildman–Crippen MR) is 100 cm³/mol. The van der Waals surface area contributed by atoms with Crippen molar-refractivity contribution in [2.45, 2.75) is 6.54 Å². The fraction of sp³-hybridized carbons (Fsp3) is 0.0952. The van der Waals surface area contributed by atoms with Gasteiger partial charge in [-0.15, -0.1) is 0 Å². The van der Waals surface area contributed by atoms with E-state index >= 15 is 0 Å². The largest absolute Gasteiger partial charge is 0.497 e. The topological polar surface area (TPSA) is 47.0 Å².